The lowest BCUT2D eigenvalue weighted by Gasteiger charge is -2.36. The Hall–Kier alpha value is -2.44. The van der Waals surface area contributed by atoms with Crippen molar-refractivity contribution in [2.75, 3.05) is 43.4 Å². The summed E-state index contributed by atoms with van der Waals surface area (Å²) in [6, 6.07) is 14.2. The van der Waals surface area contributed by atoms with E-state index in [9.17, 15) is 4.79 Å². The van der Waals surface area contributed by atoms with Crippen molar-refractivity contribution in [1.29, 1.82) is 0 Å². The smallest absolute Gasteiger partial charge is 0.238 e. The lowest BCUT2D eigenvalue weighted by molar-refractivity contribution is -0.117. The summed E-state index contributed by atoms with van der Waals surface area (Å²) in [6.45, 7) is 9.76. The summed E-state index contributed by atoms with van der Waals surface area (Å²) in [5, 5.41) is 7.15. The predicted octanol–water partition coefficient (Wildman–Crippen LogP) is 3.56. The Morgan fingerprint density at radius 3 is 2.14 bits per heavy atom. The van der Waals surface area contributed by atoms with E-state index in [4.69, 9.17) is 12.2 Å². The fourth-order valence-corrected chi connectivity index (χ4v) is 3.70. The molecule has 1 saturated heterocycles. The highest BCUT2D eigenvalue weighted by molar-refractivity contribution is 7.80. The Kier molecular flexibility index (Phi) is 6.65. The van der Waals surface area contributed by atoms with Crippen LogP contribution in [0.3, 0.4) is 0 Å². The fraction of sp³-hybridized carbons (Fsp3) is 0.364. The minimum absolute atomic E-state index is 0.0338. The summed E-state index contributed by atoms with van der Waals surface area (Å²) in [7, 11) is 0. The minimum Gasteiger partial charge on any atom is -0.346 e. The monoisotopic (exact) mass is 396 g/mol. The molecule has 1 aliphatic heterocycles. The molecule has 0 aliphatic carbocycles. The molecule has 1 amide bonds. The van der Waals surface area contributed by atoms with Crippen LogP contribution in [0.25, 0.3) is 0 Å². The van der Waals surface area contributed by atoms with Crippen LogP contribution in [0.4, 0.5) is 11.4 Å². The van der Waals surface area contributed by atoms with Crippen LogP contribution in [0.5, 0.6) is 0 Å². The normalized spacial score (nSPS) is 14.6. The van der Waals surface area contributed by atoms with Crippen LogP contribution in [-0.4, -0.2) is 53.5 Å². The van der Waals surface area contributed by atoms with Crippen LogP contribution >= 0.6 is 12.2 Å². The fourth-order valence-electron chi connectivity index (χ4n) is 3.41. The summed E-state index contributed by atoms with van der Waals surface area (Å²) < 4.78 is 0. The number of benzene rings is 2. The van der Waals surface area contributed by atoms with E-state index in [1.165, 1.54) is 5.56 Å². The zero-order valence-corrected chi connectivity index (χ0v) is 17.6. The molecule has 0 saturated carbocycles. The molecular formula is C22H28N4OS. The van der Waals surface area contributed by atoms with Crippen molar-refractivity contribution in [3.8, 4) is 0 Å². The third-order valence-corrected chi connectivity index (χ3v) is 5.52. The summed E-state index contributed by atoms with van der Waals surface area (Å²) in [5.41, 5.74) is 5.32. The number of nitrogens with one attached hydrogen (secondary N) is 2. The van der Waals surface area contributed by atoms with Gasteiger partial charge in [0.05, 0.1) is 6.54 Å². The Bertz CT molecular complexity index is 839. The van der Waals surface area contributed by atoms with E-state index >= 15 is 0 Å². The van der Waals surface area contributed by atoms with Crippen LogP contribution in [0.1, 0.15) is 16.7 Å². The molecule has 0 atom stereocenters. The van der Waals surface area contributed by atoms with Crippen molar-refractivity contribution in [2.45, 2.75) is 20.8 Å². The van der Waals surface area contributed by atoms with Gasteiger partial charge in [0.2, 0.25) is 5.91 Å². The highest BCUT2D eigenvalue weighted by atomic mass is 32.1. The minimum atomic E-state index is 0.0338. The molecule has 2 aromatic rings. The second-order valence-corrected chi connectivity index (χ2v) is 7.71. The van der Waals surface area contributed by atoms with E-state index in [-0.39, 0.29) is 5.91 Å². The van der Waals surface area contributed by atoms with Crippen LogP contribution in [0.2, 0.25) is 0 Å². The highest BCUT2D eigenvalue weighted by Gasteiger charge is 2.21. The second-order valence-electron chi connectivity index (χ2n) is 7.32. The number of hydrogen-bond acceptors (Lipinski definition) is 3. The van der Waals surface area contributed by atoms with Crippen LogP contribution in [0.15, 0.2) is 42.5 Å². The SMILES string of the molecule is Cc1ccccc1NC(=S)N1CCN(CC(=O)Nc2c(C)cccc2C)CC1. The first-order valence-electron chi connectivity index (χ1n) is 9.64. The predicted molar refractivity (Wildman–Crippen MR) is 120 cm³/mol. The molecule has 0 radical (unpaired) electrons. The van der Waals surface area contributed by atoms with Gasteiger partial charge in [-0.1, -0.05) is 36.4 Å². The quantitative estimate of drug-likeness (QED) is 0.774. The average molecular weight is 397 g/mol. The number of piperazine rings is 1. The highest BCUT2D eigenvalue weighted by Crippen LogP contribution is 2.19. The molecule has 1 aliphatic rings. The first-order chi connectivity index (χ1) is 13.4. The maximum absolute atomic E-state index is 12.5. The Balaban J connectivity index is 1.48. The molecule has 3 rings (SSSR count). The summed E-state index contributed by atoms with van der Waals surface area (Å²) >= 11 is 5.57. The number of hydrogen-bond donors (Lipinski definition) is 2. The van der Waals surface area contributed by atoms with Crippen LogP contribution in [0, 0.1) is 20.8 Å². The lowest BCUT2D eigenvalue weighted by atomic mass is 10.1. The molecule has 2 N–H and O–H groups in total. The molecule has 0 bridgehead atoms. The molecular weight excluding hydrogens is 368 g/mol. The molecule has 6 heteroatoms. The zero-order valence-electron chi connectivity index (χ0n) is 16.8. The topological polar surface area (TPSA) is 47.6 Å². The van der Waals surface area contributed by atoms with Gasteiger partial charge in [-0.25, -0.2) is 0 Å². The molecule has 5 nitrogen and oxygen atoms in total. The standard InChI is InChI=1S/C22H28N4OS/c1-16-7-4-5-10-19(16)23-22(28)26-13-11-25(12-14-26)15-20(27)24-21-17(2)8-6-9-18(21)3/h4-10H,11-15H2,1-3H3,(H,23,28)(H,24,27). The first kappa shape index (κ1) is 20.3. The van der Waals surface area contributed by atoms with E-state index in [2.05, 4.69) is 33.4 Å². The van der Waals surface area contributed by atoms with Gasteiger partial charge in [0, 0.05) is 37.6 Å². The van der Waals surface area contributed by atoms with Gasteiger partial charge in [0.25, 0.3) is 0 Å². The Labute approximate surface area is 172 Å². The Morgan fingerprint density at radius 1 is 0.893 bits per heavy atom. The second kappa shape index (κ2) is 9.17. The van der Waals surface area contributed by atoms with E-state index < -0.39 is 0 Å². The van der Waals surface area contributed by atoms with Crippen LogP contribution in [-0.2, 0) is 4.79 Å². The third kappa shape index (κ3) is 5.09. The molecule has 2 aromatic carbocycles. The van der Waals surface area contributed by atoms with E-state index in [0.29, 0.717) is 6.54 Å². The number of anilines is 2. The van der Waals surface area contributed by atoms with Gasteiger partial charge >= 0.3 is 0 Å². The number of nitrogens with zero attached hydrogens (tertiary/aromatic N) is 2. The number of carbonyl (C=O) groups is 1. The average Bonchev–Trinajstić information content (AvgIpc) is 2.67. The first-order valence-corrected chi connectivity index (χ1v) is 10.0. The molecule has 1 heterocycles. The number of carbonyl (C=O) groups excluding carboxylic acids is 1. The number of thiocarbonyl (C=S) groups is 1. The van der Waals surface area contributed by atoms with Crippen molar-refractivity contribution in [2.24, 2.45) is 0 Å². The number of rotatable bonds is 4. The van der Waals surface area contributed by atoms with Gasteiger partial charge < -0.3 is 15.5 Å². The summed E-state index contributed by atoms with van der Waals surface area (Å²) in [4.78, 5) is 16.8. The third-order valence-electron chi connectivity index (χ3n) is 5.16. The number of amides is 1. The van der Waals surface area contributed by atoms with Gasteiger partial charge in [-0.2, -0.15) is 0 Å². The van der Waals surface area contributed by atoms with Crippen molar-refractivity contribution in [3.63, 3.8) is 0 Å². The lowest BCUT2D eigenvalue weighted by Crippen LogP contribution is -2.51. The van der Waals surface area contributed by atoms with Gasteiger partial charge in [-0.15, -0.1) is 0 Å². The molecule has 0 spiro atoms. The van der Waals surface area contributed by atoms with Gasteiger partial charge in [0.15, 0.2) is 5.11 Å². The molecule has 148 valence electrons. The maximum Gasteiger partial charge on any atom is 0.238 e. The van der Waals surface area contributed by atoms with Gasteiger partial charge in [-0.3, -0.25) is 9.69 Å². The largest absolute Gasteiger partial charge is 0.346 e. The summed E-state index contributed by atoms with van der Waals surface area (Å²) in [6.07, 6.45) is 0. The van der Waals surface area contributed by atoms with E-state index in [1.807, 2.05) is 50.2 Å². The van der Waals surface area contributed by atoms with Gasteiger partial charge in [-0.05, 0) is 55.7 Å². The number of para-hydroxylation sites is 2. The van der Waals surface area contributed by atoms with E-state index in [0.717, 1.165) is 53.8 Å². The summed E-state index contributed by atoms with van der Waals surface area (Å²) in [5.74, 6) is 0.0338. The van der Waals surface area contributed by atoms with Crippen molar-refractivity contribution in [3.05, 3.63) is 59.2 Å². The molecule has 0 unspecified atom stereocenters. The van der Waals surface area contributed by atoms with Crippen molar-refractivity contribution in [1.82, 2.24) is 9.80 Å². The molecule has 1 fully saturated rings. The van der Waals surface area contributed by atoms with Crippen LogP contribution < -0.4 is 10.6 Å². The molecule has 0 aromatic heterocycles. The zero-order chi connectivity index (χ0) is 20.1. The van der Waals surface area contributed by atoms with E-state index in [1.54, 1.807) is 0 Å². The molecule has 28 heavy (non-hydrogen) atoms. The Morgan fingerprint density at radius 2 is 1.50 bits per heavy atom. The number of aryl methyl sites for hydroxylation is 3. The maximum atomic E-state index is 12.5. The van der Waals surface area contributed by atoms with Crippen molar-refractivity contribution < 1.29 is 4.79 Å². The van der Waals surface area contributed by atoms with Crippen molar-refractivity contribution >= 4 is 34.6 Å². The van der Waals surface area contributed by atoms with Gasteiger partial charge in [0.1, 0.15) is 0 Å².